The molecule has 0 spiro atoms. The van der Waals surface area contributed by atoms with Crippen molar-refractivity contribution in [2.24, 2.45) is 0 Å². The van der Waals surface area contributed by atoms with E-state index in [-0.39, 0.29) is 44.0 Å². The van der Waals surface area contributed by atoms with Crippen molar-refractivity contribution in [2.45, 2.75) is 219 Å². The average Bonchev–Trinajstić information content (AvgIpc) is 3.30. The van der Waals surface area contributed by atoms with Crippen molar-refractivity contribution in [2.75, 3.05) is 13.2 Å². The highest BCUT2D eigenvalue weighted by molar-refractivity contribution is 5.71. The van der Waals surface area contributed by atoms with Crippen molar-refractivity contribution in [3.63, 3.8) is 0 Å². The Kier molecular flexibility index (Phi) is 49.1. The van der Waals surface area contributed by atoms with Crippen LogP contribution in [0.3, 0.4) is 0 Å². The van der Waals surface area contributed by atoms with Gasteiger partial charge in [-0.05, 0) is 89.9 Å². The summed E-state index contributed by atoms with van der Waals surface area (Å²) in [4.78, 5) is 38.0. The first-order chi connectivity index (χ1) is 32.0. The van der Waals surface area contributed by atoms with E-state index in [9.17, 15) is 14.4 Å². The average molecular weight is 899 g/mol. The molecule has 65 heavy (non-hydrogen) atoms. The van der Waals surface area contributed by atoms with Gasteiger partial charge in [0, 0.05) is 19.3 Å². The van der Waals surface area contributed by atoms with E-state index in [1.165, 1.54) is 64.2 Å². The van der Waals surface area contributed by atoms with Gasteiger partial charge in [0.2, 0.25) is 0 Å². The molecule has 0 amide bonds. The first-order valence-electron chi connectivity index (χ1n) is 26.1. The maximum atomic E-state index is 12.8. The Bertz CT molecular complexity index is 1400. The third kappa shape index (κ3) is 50.7. The lowest BCUT2D eigenvalue weighted by atomic mass is 10.1. The molecule has 0 aliphatic heterocycles. The van der Waals surface area contributed by atoms with Crippen molar-refractivity contribution >= 4 is 17.9 Å². The molecule has 0 aromatic rings. The van der Waals surface area contributed by atoms with Crippen LogP contribution in [0.15, 0.2) is 122 Å². The summed E-state index contributed by atoms with van der Waals surface area (Å²) in [5.41, 5.74) is 0. The fourth-order valence-corrected chi connectivity index (χ4v) is 6.71. The molecule has 0 aromatic carbocycles. The Morgan fingerprint density at radius 2 is 0.692 bits per heavy atom. The first-order valence-corrected chi connectivity index (χ1v) is 26.1. The van der Waals surface area contributed by atoms with Gasteiger partial charge >= 0.3 is 17.9 Å². The Labute approximate surface area is 399 Å². The van der Waals surface area contributed by atoms with Gasteiger partial charge in [-0.25, -0.2) is 0 Å². The van der Waals surface area contributed by atoms with Gasteiger partial charge in [0.05, 0.1) is 0 Å². The van der Waals surface area contributed by atoms with Crippen LogP contribution in [0.25, 0.3) is 0 Å². The SMILES string of the molecule is CC\C=C/C=C\C=C/C=C\C=C/CCCC(=O)OCC(COC(=O)CCCCCCC/C=C\C=C/CCCCCCCCC)OC(=O)CCCCCCCC/C=C\C/C=C\C/C=C\CC. The summed E-state index contributed by atoms with van der Waals surface area (Å²) in [6, 6.07) is 0. The van der Waals surface area contributed by atoms with E-state index in [0.717, 1.165) is 103 Å². The van der Waals surface area contributed by atoms with Crippen LogP contribution in [0.1, 0.15) is 213 Å². The van der Waals surface area contributed by atoms with Crippen LogP contribution in [-0.4, -0.2) is 37.2 Å². The second-order valence-corrected chi connectivity index (χ2v) is 16.8. The fourth-order valence-electron chi connectivity index (χ4n) is 6.71. The number of carbonyl (C=O) groups excluding carboxylic acids is 3. The smallest absolute Gasteiger partial charge is 0.306 e. The van der Waals surface area contributed by atoms with Crippen molar-refractivity contribution in [1.29, 1.82) is 0 Å². The Balaban J connectivity index is 4.53. The van der Waals surface area contributed by atoms with Crippen LogP contribution >= 0.6 is 0 Å². The number of hydrogen-bond donors (Lipinski definition) is 0. The minimum atomic E-state index is -0.823. The van der Waals surface area contributed by atoms with Crippen molar-refractivity contribution in [3.8, 4) is 0 Å². The highest BCUT2D eigenvalue weighted by Crippen LogP contribution is 2.13. The minimum absolute atomic E-state index is 0.118. The van der Waals surface area contributed by atoms with Gasteiger partial charge in [-0.2, -0.15) is 0 Å². The van der Waals surface area contributed by atoms with Crippen LogP contribution in [-0.2, 0) is 28.6 Å². The Hall–Kier alpha value is -4.19. The van der Waals surface area contributed by atoms with Gasteiger partial charge in [0.1, 0.15) is 13.2 Å². The molecule has 0 heterocycles. The van der Waals surface area contributed by atoms with E-state index in [0.29, 0.717) is 12.8 Å². The summed E-state index contributed by atoms with van der Waals surface area (Å²) in [5.74, 6) is -1.03. The van der Waals surface area contributed by atoms with Gasteiger partial charge in [-0.15, -0.1) is 0 Å². The van der Waals surface area contributed by atoms with Crippen LogP contribution in [0.4, 0.5) is 0 Å². The molecule has 0 saturated carbocycles. The maximum Gasteiger partial charge on any atom is 0.306 e. The zero-order valence-electron chi connectivity index (χ0n) is 41.7. The third-order valence-electron chi connectivity index (χ3n) is 10.6. The van der Waals surface area contributed by atoms with Crippen molar-refractivity contribution in [1.82, 2.24) is 0 Å². The monoisotopic (exact) mass is 899 g/mol. The molecular weight excluding hydrogens is 805 g/mol. The lowest BCUT2D eigenvalue weighted by Crippen LogP contribution is -2.30. The Morgan fingerprint density at radius 1 is 0.338 bits per heavy atom. The Morgan fingerprint density at radius 3 is 1.20 bits per heavy atom. The summed E-state index contributed by atoms with van der Waals surface area (Å²) in [7, 11) is 0. The maximum absolute atomic E-state index is 12.8. The van der Waals surface area contributed by atoms with E-state index in [2.05, 4.69) is 87.6 Å². The minimum Gasteiger partial charge on any atom is -0.462 e. The molecule has 1 unspecified atom stereocenters. The van der Waals surface area contributed by atoms with Crippen LogP contribution in [0.5, 0.6) is 0 Å². The van der Waals surface area contributed by atoms with Gasteiger partial charge in [0.15, 0.2) is 6.10 Å². The number of unbranched alkanes of at least 4 members (excludes halogenated alkanes) is 19. The number of allylic oxidation sites excluding steroid dienone is 20. The lowest BCUT2D eigenvalue weighted by molar-refractivity contribution is -0.167. The fraction of sp³-hybridized carbons (Fsp3) is 0.610. The molecule has 0 fully saturated rings. The van der Waals surface area contributed by atoms with Gasteiger partial charge in [-0.1, -0.05) is 226 Å². The zero-order chi connectivity index (χ0) is 47.2. The highest BCUT2D eigenvalue weighted by atomic mass is 16.6. The van der Waals surface area contributed by atoms with E-state index in [1.807, 2.05) is 54.7 Å². The highest BCUT2D eigenvalue weighted by Gasteiger charge is 2.19. The number of carbonyl (C=O) groups is 3. The summed E-state index contributed by atoms with van der Waals surface area (Å²) >= 11 is 0. The van der Waals surface area contributed by atoms with E-state index in [1.54, 1.807) is 0 Å². The molecule has 0 saturated heterocycles. The summed E-state index contributed by atoms with van der Waals surface area (Å²) in [5, 5.41) is 0. The third-order valence-corrected chi connectivity index (χ3v) is 10.6. The molecule has 1 atom stereocenters. The van der Waals surface area contributed by atoms with E-state index < -0.39 is 6.10 Å². The van der Waals surface area contributed by atoms with Gasteiger partial charge < -0.3 is 14.2 Å². The summed E-state index contributed by atoms with van der Waals surface area (Å²) in [6.45, 7) is 6.27. The number of esters is 3. The first kappa shape index (κ1) is 60.8. The van der Waals surface area contributed by atoms with Gasteiger partial charge in [0.25, 0.3) is 0 Å². The van der Waals surface area contributed by atoms with Crippen LogP contribution in [0.2, 0.25) is 0 Å². The predicted octanol–water partition coefficient (Wildman–Crippen LogP) is 17.3. The zero-order valence-corrected chi connectivity index (χ0v) is 41.7. The van der Waals surface area contributed by atoms with Gasteiger partial charge in [-0.3, -0.25) is 14.4 Å². The molecule has 0 bridgehead atoms. The van der Waals surface area contributed by atoms with E-state index >= 15 is 0 Å². The molecule has 0 aliphatic carbocycles. The molecular formula is C59H94O6. The quantitative estimate of drug-likeness (QED) is 0.0199. The second-order valence-electron chi connectivity index (χ2n) is 16.8. The molecule has 6 heteroatoms. The van der Waals surface area contributed by atoms with Crippen molar-refractivity contribution < 1.29 is 28.6 Å². The molecule has 0 rings (SSSR count). The summed E-state index contributed by atoms with van der Waals surface area (Å²) < 4.78 is 16.7. The number of ether oxygens (including phenoxy) is 3. The van der Waals surface area contributed by atoms with E-state index in [4.69, 9.17) is 14.2 Å². The molecule has 0 aromatic heterocycles. The topological polar surface area (TPSA) is 78.9 Å². The predicted molar refractivity (Wildman–Crippen MR) is 279 cm³/mol. The molecule has 0 aliphatic rings. The number of rotatable bonds is 45. The molecule has 366 valence electrons. The normalized spacial score (nSPS) is 13.1. The largest absolute Gasteiger partial charge is 0.462 e. The summed E-state index contributed by atoms with van der Waals surface area (Å²) in [6.07, 6.45) is 71.9. The van der Waals surface area contributed by atoms with Crippen LogP contribution < -0.4 is 0 Å². The number of hydrogen-bond acceptors (Lipinski definition) is 6. The lowest BCUT2D eigenvalue weighted by Gasteiger charge is -2.18. The van der Waals surface area contributed by atoms with Crippen LogP contribution in [0, 0.1) is 0 Å². The second kappa shape index (κ2) is 52.4. The molecule has 0 N–H and O–H groups in total. The van der Waals surface area contributed by atoms with Crippen molar-refractivity contribution in [3.05, 3.63) is 122 Å². The molecule has 6 nitrogen and oxygen atoms in total. The standard InChI is InChI=1S/C59H94O6/c1-4-7-10-13-16-19-22-25-27-29-30-32-34-37-40-43-46-49-52-58(61)64-55-56(54-63-57(60)51-48-45-42-39-36-33-24-21-18-15-12-9-6-3)65-59(62)53-50-47-44-41-38-35-31-28-26-23-20-17-14-11-8-5-2/h8-9,11-12,15,17-18,20-21,24,26-30,32-33,36,39,42,56H,4-7,10,13-14,16,19,22-23,25,31,34-35,37-38,40-41,43-55H2,1-3H3/b11-8-,12-9-,18-15-,20-17-,24-21-,28-26-,29-27-,32-30-,36-33-,42-39-. The molecule has 0 radical (unpaired) electrons.